The molecule has 1 heterocycles. The summed E-state index contributed by atoms with van der Waals surface area (Å²) in [5, 5.41) is 6.63. The Bertz CT molecular complexity index is 677. The van der Waals surface area contributed by atoms with Gasteiger partial charge in [0.2, 0.25) is 5.91 Å². The summed E-state index contributed by atoms with van der Waals surface area (Å²) in [4.78, 5) is 19.7. The molecule has 158 valence electrons. The molecule has 1 aromatic carbocycles. The molecule has 0 radical (unpaired) electrons. The van der Waals surface area contributed by atoms with E-state index in [4.69, 9.17) is 16.3 Å². The van der Waals surface area contributed by atoms with Gasteiger partial charge >= 0.3 is 0 Å². The molecule has 0 spiro atoms. The highest BCUT2D eigenvalue weighted by Gasteiger charge is 2.24. The second-order valence-corrected chi connectivity index (χ2v) is 6.95. The fraction of sp³-hybridized carbons (Fsp3) is 0.556. The number of nitrogens with one attached hydrogen (secondary N) is 2. The molecular formula is C18H28ClFIN5O2. The van der Waals surface area contributed by atoms with Gasteiger partial charge in [-0.15, -0.1) is 24.0 Å². The van der Waals surface area contributed by atoms with E-state index in [1.165, 1.54) is 11.0 Å². The lowest BCUT2D eigenvalue weighted by Crippen LogP contribution is -2.46. The van der Waals surface area contributed by atoms with Gasteiger partial charge in [0.25, 0.3) is 0 Å². The van der Waals surface area contributed by atoms with E-state index in [-0.39, 0.29) is 47.5 Å². The Labute approximate surface area is 187 Å². The summed E-state index contributed by atoms with van der Waals surface area (Å²) in [6.07, 6.45) is 0.872. The average molecular weight is 528 g/mol. The van der Waals surface area contributed by atoms with E-state index >= 15 is 0 Å². The Morgan fingerprint density at radius 1 is 1.46 bits per heavy atom. The minimum Gasteiger partial charge on any atom is -0.383 e. The number of nitrogens with zero attached hydrogens (tertiary/aromatic N) is 3. The van der Waals surface area contributed by atoms with Gasteiger partial charge in [0, 0.05) is 52.6 Å². The first-order valence-electron chi connectivity index (χ1n) is 8.84. The maximum absolute atomic E-state index is 13.7. The van der Waals surface area contributed by atoms with Crippen LogP contribution >= 0.6 is 35.6 Å². The van der Waals surface area contributed by atoms with Crippen LogP contribution in [0.3, 0.4) is 0 Å². The van der Waals surface area contributed by atoms with Crippen LogP contribution in [0, 0.1) is 5.82 Å². The monoisotopic (exact) mass is 527 g/mol. The van der Waals surface area contributed by atoms with E-state index in [2.05, 4.69) is 20.5 Å². The number of carbonyl (C=O) groups is 1. The third-order valence-corrected chi connectivity index (χ3v) is 4.57. The van der Waals surface area contributed by atoms with E-state index in [1.807, 2.05) is 6.07 Å². The van der Waals surface area contributed by atoms with Gasteiger partial charge in [-0.3, -0.25) is 4.79 Å². The number of aliphatic imine (C=N–C) groups is 1. The standard InChI is InChI=1S/C18H27ClFN5O2.HI/c1-24(2)17(26)11-22-18(21-7-9-27-3)23-13-6-8-25(12-13)14-4-5-15(19)16(20)10-14;/h4-5,10,13H,6-9,11-12H2,1-3H3,(H2,21,22,23);1H. The van der Waals surface area contributed by atoms with E-state index in [1.54, 1.807) is 27.3 Å². The van der Waals surface area contributed by atoms with Crippen LogP contribution in [0.15, 0.2) is 23.2 Å². The molecule has 1 saturated heterocycles. The Balaban J connectivity index is 0.00000392. The van der Waals surface area contributed by atoms with E-state index in [9.17, 15) is 9.18 Å². The maximum Gasteiger partial charge on any atom is 0.243 e. The smallest absolute Gasteiger partial charge is 0.243 e. The first kappa shape index (κ1) is 24.7. The molecule has 1 unspecified atom stereocenters. The molecule has 0 bridgehead atoms. The van der Waals surface area contributed by atoms with E-state index in [0.717, 1.165) is 18.7 Å². The zero-order valence-corrected chi connectivity index (χ0v) is 19.5. The van der Waals surface area contributed by atoms with Gasteiger partial charge in [0.05, 0.1) is 11.6 Å². The molecule has 0 aliphatic carbocycles. The number of carbonyl (C=O) groups excluding carboxylic acids is 1. The predicted octanol–water partition coefficient (Wildman–Crippen LogP) is 1.95. The summed E-state index contributed by atoms with van der Waals surface area (Å²) >= 11 is 5.76. The molecule has 7 nitrogen and oxygen atoms in total. The van der Waals surface area contributed by atoms with Gasteiger partial charge in [-0.1, -0.05) is 11.6 Å². The number of hydrogen-bond acceptors (Lipinski definition) is 4. The lowest BCUT2D eigenvalue weighted by atomic mass is 10.2. The molecule has 1 aliphatic rings. The number of ether oxygens (including phenoxy) is 1. The van der Waals surface area contributed by atoms with Crippen LogP contribution in [-0.4, -0.2) is 76.8 Å². The number of methoxy groups -OCH3 is 1. The van der Waals surface area contributed by atoms with Gasteiger partial charge in [-0.25, -0.2) is 9.38 Å². The maximum atomic E-state index is 13.7. The molecule has 10 heteroatoms. The molecule has 2 rings (SSSR count). The molecule has 0 aromatic heterocycles. The number of guanidine groups is 1. The van der Waals surface area contributed by atoms with Crippen molar-refractivity contribution in [3.8, 4) is 0 Å². The van der Waals surface area contributed by atoms with Crippen LogP contribution in [0.1, 0.15) is 6.42 Å². The van der Waals surface area contributed by atoms with Crippen LogP contribution in [0.2, 0.25) is 5.02 Å². The molecule has 1 aromatic rings. The van der Waals surface area contributed by atoms with Gasteiger partial charge < -0.3 is 25.2 Å². The fourth-order valence-corrected chi connectivity index (χ4v) is 2.82. The number of hydrogen-bond donors (Lipinski definition) is 2. The van der Waals surface area contributed by atoms with Crippen molar-refractivity contribution in [1.82, 2.24) is 15.5 Å². The number of amides is 1. The second kappa shape index (κ2) is 12.3. The highest BCUT2D eigenvalue weighted by atomic mass is 127. The van der Waals surface area contributed by atoms with Crippen LogP contribution < -0.4 is 15.5 Å². The van der Waals surface area contributed by atoms with Gasteiger partial charge in [0.1, 0.15) is 12.4 Å². The molecule has 28 heavy (non-hydrogen) atoms. The average Bonchev–Trinajstić information content (AvgIpc) is 3.10. The second-order valence-electron chi connectivity index (χ2n) is 6.55. The van der Waals surface area contributed by atoms with Crippen molar-refractivity contribution in [2.75, 3.05) is 58.9 Å². The van der Waals surface area contributed by atoms with Crippen molar-refractivity contribution in [1.29, 1.82) is 0 Å². The summed E-state index contributed by atoms with van der Waals surface area (Å²) in [6, 6.07) is 4.97. The summed E-state index contributed by atoms with van der Waals surface area (Å²) in [5.74, 6) is 0.0696. The van der Waals surface area contributed by atoms with Crippen molar-refractivity contribution in [3.63, 3.8) is 0 Å². The highest BCUT2D eigenvalue weighted by molar-refractivity contribution is 14.0. The van der Waals surface area contributed by atoms with E-state index < -0.39 is 5.82 Å². The fourth-order valence-electron chi connectivity index (χ4n) is 2.70. The SMILES string of the molecule is COCCNC(=NCC(=O)N(C)C)NC1CCN(c2ccc(Cl)c(F)c2)C1.I. The first-order valence-corrected chi connectivity index (χ1v) is 9.22. The molecule has 2 N–H and O–H groups in total. The third kappa shape index (κ3) is 7.59. The minimum absolute atomic E-state index is 0. The zero-order chi connectivity index (χ0) is 19.8. The van der Waals surface area contributed by atoms with Crippen LogP contribution in [-0.2, 0) is 9.53 Å². The Hall–Kier alpha value is -1.33. The molecule has 0 saturated carbocycles. The Morgan fingerprint density at radius 2 is 2.21 bits per heavy atom. The molecular weight excluding hydrogens is 500 g/mol. The largest absolute Gasteiger partial charge is 0.383 e. The van der Waals surface area contributed by atoms with Gasteiger partial charge in [0.15, 0.2) is 5.96 Å². The van der Waals surface area contributed by atoms with Gasteiger partial charge in [-0.05, 0) is 24.6 Å². The van der Waals surface area contributed by atoms with Crippen molar-refractivity contribution in [3.05, 3.63) is 29.0 Å². The van der Waals surface area contributed by atoms with Crippen molar-refractivity contribution in [2.45, 2.75) is 12.5 Å². The van der Waals surface area contributed by atoms with Crippen LogP contribution in [0.4, 0.5) is 10.1 Å². The summed E-state index contributed by atoms with van der Waals surface area (Å²) in [7, 11) is 5.02. The number of rotatable bonds is 7. The van der Waals surface area contributed by atoms with Crippen LogP contribution in [0.25, 0.3) is 0 Å². The summed E-state index contributed by atoms with van der Waals surface area (Å²) in [5.41, 5.74) is 0.801. The zero-order valence-electron chi connectivity index (χ0n) is 16.4. The van der Waals surface area contributed by atoms with Crippen LogP contribution in [0.5, 0.6) is 0 Å². The number of benzene rings is 1. The Kier molecular flexibility index (Phi) is 10.8. The predicted molar refractivity (Wildman–Crippen MR) is 121 cm³/mol. The number of halogens is 3. The van der Waals surface area contributed by atoms with Crippen molar-refractivity contribution in [2.24, 2.45) is 4.99 Å². The van der Waals surface area contributed by atoms with Crippen molar-refractivity contribution >= 4 is 53.1 Å². The molecule has 1 amide bonds. The quantitative estimate of drug-likeness (QED) is 0.246. The lowest BCUT2D eigenvalue weighted by Gasteiger charge is -2.21. The number of anilines is 1. The molecule has 1 fully saturated rings. The topological polar surface area (TPSA) is 69.2 Å². The molecule has 1 aliphatic heterocycles. The van der Waals surface area contributed by atoms with E-state index in [0.29, 0.717) is 25.7 Å². The third-order valence-electron chi connectivity index (χ3n) is 4.27. The molecule has 1 atom stereocenters. The first-order chi connectivity index (χ1) is 12.9. The van der Waals surface area contributed by atoms with Crippen molar-refractivity contribution < 1.29 is 13.9 Å². The normalized spacial score (nSPS) is 16.5. The summed E-state index contributed by atoms with van der Waals surface area (Å²) in [6.45, 7) is 2.67. The lowest BCUT2D eigenvalue weighted by molar-refractivity contribution is -0.127. The van der Waals surface area contributed by atoms with Gasteiger partial charge in [-0.2, -0.15) is 0 Å². The Morgan fingerprint density at radius 3 is 2.86 bits per heavy atom. The summed E-state index contributed by atoms with van der Waals surface area (Å²) < 4.78 is 18.7. The number of likely N-dealkylation sites (N-methyl/N-ethyl adjacent to an activating group) is 1. The minimum atomic E-state index is -0.420. The highest BCUT2D eigenvalue weighted by Crippen LogP contribution is 2.24.